The number of benzene rings is 2. The second kappa shape index (κ2) is 9.27. The number of amides is 1. The lowest BCUT2D eigenvalue weighted by molar-refractivity contribution is 0.102. The van der Waals surface area contributed by atoms with Gasteiger partial charge in [0.05, 0.1) is 6.54 Å². The molecule has 4 aromatic rings. The number of ether oxygens (including phenoxy) is 1. The van der Waals surface area contributed by atoms with Crippen molar-refractivity contribution in [2.75, 3.05) is 5.32 Å². The zero-order valence-corrected chi connectivity index (χ0v) is 17.2. The van der Waals surface area contributed by atoms with Crippen LogP contribution >= 0.6 is 11.3 Å². The van der Waals surface area contributed by atoms with Gasteiger partial charge in [-0.2, -0.15) is 0 Å². The van der Waals surface area contributed by atoms with E-state index in [2.05, 4.69) is 10.3 Å². The van der Waals surface area contributed by atoms with Gasteiger partial charge in [0.1, 0.15) is 17.9 Å². The number of carbonyl (C=O) groups excluding carboxylic acids is 1. The van der Waals surface area contributed by atoms with Gasteiger partial charge in [-0.1, -0.05) is 36.4 Å². The number of carbonyl (C=O) groups is 1. The molecule has 7 nitrogen and oxygen atoms in total. The number of nitrogens with one attached hydrogen (secondary N) is 2. The third-order valence-electron chi connectivity index (χ3n) is 4.56. The van der Waals surface area contributed by atoms with Crippen molar-refractivity contribution < 1.29 is 9.53 Å². The molecule has 2 N–H and O–H groups in total. The Labute approximate surface area is 181 Å². The fraction of sp³-hybridized carbons (Fsp3) is 0.0870. The highest BCUT2D eigenvalue weighted by atomic mass is 32.1. The minimum absolute atomic E-state index is 0.112. The van der Waals surface area contributed by atoms with Gasteiger partial charge in [-0.3, -0.25) is 14.2 Å². The summed E-state index contributed by atoms with van der Waals surface area (Å²) in [6.07, 6.45) is 1.14. The molecule has 0 fully saturated rings. The highest BCUT2D eigenvalue weighted by molar-refractivity contribution is 7.09. The van der Waals surface area contributed by atoms with Crippen LogP contribution in [-0.4, -0.2) is 15.5 Å². The second-order valence-electron chi connectivity index (χ2n) is 6.73. The van der Waals surface area contributed by atoms with Gasteiger partial charge in [0.2, 0.25) is 0 Å². The summed E-state index contributed by atoms with van der Waals surface area (Å²) >= 11 is 1.43. The lowest BCUT2D eigenvalue weighted by Gasteiger charge is -2.09. The first-order valence-corrected chi connectivity index (χ1v) is 10.4. The largest absolute Gasteiger partial charge is 0.489 e. The van der Waals surface area contributed by atoms with Crippen molar-refractivity contribution in [2.45, 2.75) is 13.2 Å². The molecule has 4 rings (SSSR count). The van der Waals surface area contributed by atoms with Gasteiger partial charge in [0, 0.05) is 16.8 Å². The van der Waals surface area contributed by atoms with Gasteiger partial charge in [0.25, 0.3) is 11.5 Å². The lowest BCUT2D eigenvalue weighted by atomic mass is 10.2. The fourth-order valence-electron chi connectivity index (χ4n) is 2.95. The number of hydrogen-bond acceptors (Lipinski definition) is 5. The molecule has 0 bridgehead atoms. The summed E-state index contributed by atoms with van der Waals surface area (Å²) in [6.45, 7) is 0.550. The molecule has 0 saturated carbocycles. The Morgan fingerprint density at radius 2 is 1.77 bits per heavy atom. The summed E-state index contributed by atoms with van der Waals surface area (Å²) in [4.78, 5) is 40.7. The molecule has 156 valence electrons. The third-order valence-corrected chi connectivity index (χ3v) is 5.42. The minimum atomic E-state index is -0.641. The van der Waals surface area contributed by atoms with E-state index in [-0.39, 0.29) is 12.1 Å². The standard InChI is InChI=1S/C23H19N3O4S/c27-21(20-13-24-23(29)26(22(20)28)14-19-7-4-12-31-19)25-17-8-10-18(11-9-17)30-15-16-5-2-1-3-6-16/h1-13H,14-15H2,(H,24,29)(H,25,27). The van der Waals surface area contributed by atoms with E-state index in [1.54, 1.807) is 24.3 Å². The van der Waals surface area contributed by atoms with Crippen LogP contribution in [0.15, 0.2) is 87.9 Å². The summed E-state index contributed by atoms with van der Waals surface area (Å²) in [7, 11) is 0. The van der Waals surface area contributed by atoms with Crippen molar-refractivity contribution in [3.63, 3.8) is 0 Å². The summed E-state index contributed by atoms with van der Waals surface area (Å²) < 4.78 is 6.74. The lowest BCUT2D eigenvalue weighted by Crippen LogP contribution is -2.39. The maximum atomic E-state index is 12.7. The average molecular weight is 433 g/mol. The van der Waals surface area contributed by atoms with Crippen molar-refractivity contribution in [3.8, 4) is 5.75 Å². The first kappa shape index (κ1) is 20.4. The number of nitrogens with zero attached hydrogens (tertiary/aromatic N) is 1. The van der Waals surface area contributed by atoms with E-state index in [1.165, 1.54) is 11.3 Å². The zero-order chi connectivity index (χ0) is 21.6. The normalized spacial score (nSPS) is 10.6. The van der Waals surface area contributed by atoms with Gasteiger partial charge in [-0.25, -0.2) is 4.79 Å². The van der Waals surface area contributed by atoms with Crippen LogP contribution in [0.25, 0.3) is 0 Å². The molecule has 2 heterocycles. The number of H-pyrrole nitrogens is 1. The van der Waals surface area contributed by atoms with Gasteiger partial charge >= 0.3 is 5.69 Å². The maximum absolute atomic E-state index is 12.7. The molecule has 8 heteroatoms. The number of thiophene rings is 1. The Balaban J connectivity index is 1.44. The number of aromatic amines is 1. The van der Waals surface area contributed by atoms with Crippen molar-refractivity contribution in [3.05, 3.63) is 115 Å². The molecule has 0 aliphatic heterocycles. The number of aromatic nitrogens is 2. The molecule has 1 amide bonds. The highest BCUT2D eigenvalue weighted by Crippen LogP contribution is 2.17. The van der Waals surface area contributed by atoms with Crippen LogP contribution in [0.2, 0.25) is 0 Å². The van der Waals surface area contributed by atoms with E-state index in [0.29, 0.717) is 18.0 Å². The van der Waals surface area contributed by atoms with Crippen molar-refractivity contribution >= 4 is 22.9 Å². The third kappa shape index (κ3) is 4.99. The zero-order valence-electron chi connectivity index (χ0n) is 16.4. The van der Waals surface area contributed by atoms with E-state index in [0.717, 1.165) is 21.2 Å². The topological polar surface area (TPSA) is 93.2 Å². The molecule has 0 radical (unpaired) electrons. The van der Waals surface area contributed by atoms with Gasteiger partial charge in [-0.15, -0.1) is 11.3 Å². The quantitative estimate of drug-likeness (QED) is 0.467. The van der Waals surface area contributed by atoms with E-state index < -0.39 is 17.2 Å². The maximum Gasteiger partial charge on any atom is 0.328 e. The SMILES string of the molecule is O=C(Nc1ccc(OCc2ccccc2)cc1)c1c[nH]c(=O)n(Cc2cccs2)c1=O. The van der Waals surface area contributed by atoms with E-state index in [4.69, 9.17) is 4.74 Å². The summed E-state index contributed by atoms with van der Waals surface area (Å²) in [5.74, 6) is 0.0586. The van der Waals surface area contributed by atoms with E-state index in [1.807, 2.05) is 47.8 Å². The van der Waals surface area contributed by atoms with Gasteiger partial charge < -0.3 is 15.0 Å². The molecule has 0 atom stereocenters. The van der Waals surface area contributed by atoms with Crippen LogP contribution in [-0.2, 0) is 13.2 Å². The van der Waals surface area contributed by atoms with Crippen molar-refractivity contribution in [1.82, 2.24) is 9.55 Å². The number of rotatable bonds is 7. The van der Waals surface area contributed by atoms with E-state index >= 15 is 0 Å². The summed E-state index contributed by atoms with van der Waals surface area (Å²) in [5.41, 5.74) is 0.220. The molecule has 0 spiro atoms. The molecule has 31 heavy (non-hydrogen) atoms. The Morgan fingerprint density at radius 1 is 1.00 bits per heavy atom. The van der Waals surface area contributed by atoms with Crippen LogP contribution in [0.3, 0.4) is 0 Å². The first-order valence-electron chi connectivity index (χ1n) is 9.53. The molecular weight excluding hydrogens is 414 g/mol. The van der Waals surface area contributed by atoms with E-state index in [9.17, 15) is 14.4 Å². The Bertz CT molecular complexity index is 1280. The molecule has 0 saturated heterocycles. The monoisotopic (exact) mass is 433 g/mol. The van der Waals surface area contributed by atoms with Gasteiger partial charge in [-0.05, 0) is 41.3 Å². The predicted octanol–water partition coefficient (Wildman–Crippen LogP) is 3.48. The van der Waals surface area contributed by atoms with Crippen LogP contribution in [0, 0.1) is 0 Å². The van der Waals surface area contributed by atoms with Gasteiger partial charge in [0.15, 0.2) is 0 Å². The Hall–Kier alpha value is -3.91. The molecule has 0 aliphatic rings. The number of anilines is 1. The Morgan fingerprint density at radius 3 is 2.48 bits per heavy atom. The van der Waals surface area contributed by atoms with Crippen LogP contribution in [0.4, 0.5) is 5.69 Å². The molecular formula is C23H19N3O4S. The second-order valence-corrected chi connectivity index (χ2v) is 7.76. The van der Waals surface area contributed by atoms with Crippen LogP contribution < -0.4 is 21.3 Å². The first-order chi connectivity index (χ1) is 15.1. The van der Waals surface area contributed by atoms with Crippen LogP contribution in [0.1, 0.15) is 20.8 Å². The highest BCUT2D eigenvalue weighted by Gasteiger charge is 2.15. The fourth-order valence-corrected chi connectivity index (χ4v) is 3.64. The summed E-state index contributed by atoms with van der Waals surface area (Å²) in [5, 5.41) is 4.54. The number of hydrogen-bond donors (Lipinski definition) is 2. The van der Waals surface area contributed by atoms with Crippen LogP contribution in [0.5, 0.6) is 5.75 Å². The molecule has 2 aromatic carbocycles. The molecule has 0 aliphatic carbocycles. The van der Waals surface area contributed by atoms with Crippen molar-refractivity contribution in [1.29, 1.82) is 0 Å². The molecule has 2 aromatic heterocycles. The predicted molar refractivity (Wildman–Crippen MR) is 120 cm³/mol. The minimum Gasteiger partial charge on any atom is -0.489 e. The smallest absolute Gasteiger partial charge is 0.328 e. The Kier molecular flexibility index (Phi) is 6.09. The molecule has 0 unspecified atom stereocenters. The summed E-state index contributed by atoms with van der Waals surface area (Å²) in [6, 6.07) is 20.3. The van der Waals surface area contributed by atoms with Crippen molar-refractivity contribution in [2.24, 2.45) is 0 Å². The average Bonchev–Trinajstić information content (AvgIpc) is 3.30.